The molecule has 0 radical (unpaired) electrons. The van der Waals surface area contributed by atoms with E-state index in [0.717, 1.165) is 5.69 Å². The molecule has 0 fully saturated rings. The fourth-order valence-corrected chi connectivity index (χ4v) is 0.879. The van der Waals surface area contributed by atoms with E-state index >= 15 is 0 Å². The first-order valence-corrected chi connectivity index (χ1v) is 3.69. The number of imidazole rings is 1. The van der Waals surface area contributed by atoms with Gasteiger partial charge in [-0.05, 0) is 0 Å². The van der Waals surface area contributed by atoms with Crippen molar-refractivity contribution >= 4 is 5.91 Å². The molecule has 1 aromatic rings. The van der Waals surface area contributed by atoms with Gasteiger partial charge in [0.2, 0.25) is 5.91 Å². The summed E-state index contributed by atoms with van der Waals surface area (Å²) in [5, 5.41) is 2.63. The van der Waals surface area contributed by atoms with E-state index < -0.39 is 0 Å². The number of carbonyl (C=O) groups is 1. The van der Waals surface area contributed by atoms with E-state index in [1.54, 1.807) is 6.20 Å². The molecular weight excluding hydrogens is 158 g/mol. The molecule has 0 aromatic carbocycles. The minimum atomic E-state index is -0.215. The van der Waals surface area contributed by atoms with E-state index in [1.807, 2.05) is 0 Å². The first-order valence-electron chi connectivity index (χ1n) is 3.69. The largest absolute Gasteiger partial charge is 0.356 e. The first-order chi connectivity index (χ1) is 5.68. The highest BCUT2D eigenvalue weighted by molar-refractivity contribution is 5.72. The topological polar surface area (TPSA) is 77.8 Å². The molecule has 66 valence electrons. The lowest BCUT2D eigenvalue weighted by Crippen LogP contribution is -2.22. The molecule has 12 heavy (non-hydrogen) atoms. The van der Waals surface area contributed by atoms with E-state index in [0.29, 0.717) is 13.0 Å². The number of amides is 1. The second-order valence-corrected chi connectivity index (χ2v) is 2.50. The third kappa shape index (κ3) is 2.61. The van der Waals surface area contributed by atoms with Crippen LogP contribution in [-0.4, -0.2) is 22.4 Å². The molecule has 0 saturated heterocycles. The quantitative estimate of drug-likeness (QED) is 0.564. The highest BCUT2D eigenvalue weighted by atomic mass is 16.1. The maximum Gasteiger partial charge on any atom is 0.323 e. The molecule has 1 rings (SSSR count). The number of H-pyrrole nitrogens is 2. The van der Waals surface area contributed by atoms with Gasteiger partial charge < -0.3 is 15.3 Å². The smallest absolute Gasteiger partial charge is 0.323 e. The lowest BCUT2D eigenvalue weighted by atomic mass is 10.3. The predicted molar refractivity (Wildman–Crippen MR) is 43.8 cm³/mol. The van der Waals surface area contributed by atoms with Crippen molar-refractivity contribution in [3.63, 3.8) is 0 Å². The van der Waals surface area contributed by atoms with Gasteiger partial charge in [-0.2, -0.15) is 0 Å². The highest BCUT2D eigenvalue weighted by Gasteiger charge is 1.95. The average Bonchev–Trinajstić information content (AvgIpc) is 2.35. The molecule has 1 heterocycles. The van der Waals surface area contributed by atoms with Crippen LogP contribution in [0.2, 0.25) is 0 Å². The van der Waals surface area contributed by atoms with Crippen LogP contribution >= 0.6 is 0 Å². The van der Waals surface area contributed by atoms with Crippen LogP contribution < -0.4 is 11.0 Å². The molecule has 0 saturated carbocycles. The Kier molecular flexibility index (Phi) is 2.68. The fourth-order valence-electron chi connectivity index (χ4n) is 0.879. The summed E-state index contributed by atoms with van der Waals surface area (Å²) < 4.78 is 0. The molecular formula is C7H11N3O2. The number of aromatic nitrogens is 2. The van der Waals surface area contributed by atoms with Crippen molar-refractivity contribution in [1.29, 1.82) is 0 Å². The van der Waals surface area contributed by atoms with Crippen LogP contribution in [0.1, 0.15) is 12.6 Å². The molecule has 0 atom stereocenters. The Balaban J connectivity index is 2.33. The number of nitrogens with one attached hydrogen (secondary N) is 3. The Morgan fingerprint density at radius 3 is 2.92 bits per heavy atom. The van der Waals surface area contributed by atoms with Crippen molar-refractivity contribution in [1.82, 2.24) is 15.3 Å². The van der Waals surface area contributed by atoms with Crippen molar-refractivity contribution < 1.29 is 4.79 Å². The standard InChI is InChI=1S/C7H11N3O2/c1-5(11)8-3-2-6-4-9-7(12)10-6/h4H,2-3H2,1H3,(H,8,11)(H2,9,10,12). The summed E-state index contributed by atoms with van der Waals surface area (Å²) in [6, 6.07) is 0. The molecule has 0 spiro atoms. The van der Waals surface area contributed by atoms with Crippen LogP contribution in [0.25, 0.3) is 0 Å². The zero-order valence-corrected chi connectivity index (χ0v) is 6.81. The van der Waals surface area contributed by atoms with Gasteiger partial charge in [0.1, 0.15) is 0 Å². The third-order valence-electron chi connectivity index (χ3n) is 1.42. The normalized spacial score (nSPS) is 9.75. The number of hydrogen-bond acceptors (Lipinski definition) is 2. The predicted octanol–water partition coefficient (Wildman–Crippen LogP) is -0.618. The van der Waals surface area contributed by atoms with Gasteiger partial charge in [-0.3, -0.25) is 4.79 Å². The Hall–Kier alpha value is -1.52. The molecule has 3 N–H and O–H groups in total. The maximum atomic E-state index is 10.6. The highest BCUT2D eigenvalue weighted by Crippen LogP contribution is 1.86. The molecule has 1 amide bonds. The minimum absolute atomic E-state index is 0.0621. The van der Waals surface area contributed by atoms with Gasteiger partial charge >= 0.3 is 5.69 Å². The van der Waals surface area contributed by atoms with Crippen LogP contribution in [0.15, 0.2) is 11.0 Å². The third-order valence-corrected chi connectivity index (χ3v) is 1.42. The molecule has 1 aromatic heterocycles. The van der Waals surface area contributed by atoms with Crippen molar-refractivity contribution in [2.45, 2.75) is 13.3 Å². The van der Waals surface area contributed by atoms with Crippen LogP contribution in [0.5, 0.6) is 0 Å². The van der Waals surface area contributed by atoms with Crippen LogP contribution in [-0.2, 0) is 11.2 Å². The Bertz CT molecular complexity index is 312. The zero-order valence-electron chi connectivity index (χ0n) is 6.81. The van der Waals surface area contributed by atoms with Gasteiger partial charge in [0.15, 0.2) is 0 Å². The number of aromatic amines is 2. The van der Waals surface area contributed by atoms with Crippen LogP contribution in [0.3, 0.4) is 0 Å². The van der Waals surface area contributed by atoms with E-state index in [9.17, 15) is 9.59 Å². The molecule has 0 aliphatic heterocycles. The second-order valence-electron chi connectivity index (χ2n) is 2.50. The maximum absolute atomic E-state index is 10.6. The average molecular weight is 169 g/mol. The summed E-state index contributed by atoms with van der Waals surface area (Å²) in [6.07, 6.45) is 2.24. The molecule has 0 unspecified atom stereocenters. The van der Waals surface area contributed by atoms with E-state index in [4.69, 9.17) is 0 Å². The molecule has 5 nitrogen and oxygen atoms in total. The van der Waals surface area contributed by atoms with E-state index in [2.05, 4.69) is 15.3 Å². The molecule has 0 aliphatic rings. The van der Waals surface area contributed by atoms with Gasteiger partial charge in [0.05, 0.1) is 0 Å². The van der Waals surface area contributed by atoms with Crippen LogP contribution in [0.4, 0.5) is 0 Å². The summed E-state index contributed by atoms with van der Waals surface area (Å²) in [6.45, 7) is 2.00. The summed E-state index contributed by atoms with van der Waals surface area (Å²) in [5.74, 6) is -0.0621. The summed E-state index contributed by atoms with van der Waals surface area (Å²) in [7, 11) is 0. The lowest BCUT2D eigenvalue weighted by molar-refractivity contribution is -0.118. The number of rotatable bonds is 3. The fraction of sp³-hybridized carbons (Fsp3) is 0.429. The van der Waals surface area contributed by atoms with Crippen LogP contribution in [0, 0.1) is 0 Å². The second kappa shape index (κ2) is 3.75. The molecule has 0 bridgehead atoms. The van der Waals surface area contributed by atoms with Gasteiger partial charge in [-0.25, -0.2) is 4.79 Å². The Morgan fingerprint density at radius 2 is 2.42 bits per heavy atom. The summed E-state index contributed by atoms with van der Waals surface area (Å²) in [5.41, 5.74) is 0.585. The summed E-state index contributed by atoms with van der Waals surface area (Å²) >= 11 is 0. The zero-order chi connectivity index (χ0) is 8.97. The first kappa shape index (κ1) is 8.58. The van der Waals surface area contributed by atoms with Gasteiger partial charge in [-0.1, -0.05) is 0 Å². The Labute approximate surface area is 69.2 Å². The van der Waals surface area contributed by atoms with Gasteiger partial charge in [0, 0.05) is 31.8 Å². The molecule has 0 aliphatic carbocycles. The molecule has 5 heteroatoms. The monoisotopic (exact) mass is 169 g/mol. The SMILES string of the molecule is CC(=O)NCCc1c[nH]c(=O)[nH]1. The van der Waals surface area contributed by atoms with Crippen molar-refractivity contribution in [2.75, 3.05) is 6.54 Å². The van der Waals surface area contributed by atoms with E-state index in [1.165, 1.54) is 6.92 Å². The van der Waals surface area contributed by atoms with Gasteiger partial charge in [0.25, 0.3) is 0 Å². The number of carbonyl (C=O) groups excluding carboxylic acids is 1. The van der Waals surface area contributed by atoms with Crippen molar-refractivity contribution in [2.24, 2.45) is 0 Å². The van der Waals surface area contributed by atoms with E-state index in [-0.39, 0.29) is 11.6 Å². The number of hydrogen-bond donors (Lipinski definition) is 3. The Morgan fingerprint density at radius 1 is 1.67 bits per heavy atom. The summed E-state index contributed by atoms with van der Waals surface area (Å²) in [4.78, 5) is 26.1. The van der Waals surface area contributed by atoms with Gasteiger partial charge in [-0.15, -0.1) is 0 Å². The van der Waals surface area contributed by atoms with Crippen molar-refractivity contribution in [3.8, 4) is 0 Å². The minimum Gasteiger partial charge on any atom is -0.356 e. The lowest BCUT2D eigenvalue weighted by Gasteiger charge is -1.97. The van der Waals surface area contributed by atoms with Crippen molar-refractivity contribution in [3.05, 3.63) is 22.4 Å².